The van der Waals surface area contributed by atoms with Crippen LogP contribution in [0.2, 0.25) is 0 Å². The molecule has 0 aliphatic rings. The molecule has 7 nitrogen and oxygen atoms in total. The van der Waals surface area contributed by atoms with Crippen molar-refractivity contribution in [3.63, 3.8) is 0 Å². The van der Waals surface area contributed by atoms with Gasteiger partial charge in [-0.25, -0.2) is 0 Å². The molecule has 3 aromatic carbocycles. The third-order valence-electron chi connectivity index (χ3n) is 4.38. The van der Waals surface area contributed by atoms with Crippen LogP contribution in [0.25, 0.3) is 10.9 Å². The van der Waals surface area contributed by atoms with Crippen LogP contribution in [0.15, 0.2) is 83.0 Å². The van der Waals surface area contributed by atoms with Gasteiger partial charge < -0.3 is 15.4 Å². The summed E-state index contributed by atoms with van der Waals surface area (Å²) in [4.78, 5) is 27.5. The van der Waals surface area contributed by atoms with Gasteiger partial charge >= 0.3 is 0 Å². The number of hydrogen-bond acceptors (Lipinski definition) is 4. The lowest BCUT2D eigenvalue weighted by Crippen LogP contribution is -2.11. The van der Waals surface area contributed by atoms with Gasteiger partial charge in [-0.05, 0) is 77.2 Å². The fourth-order valence-corrected chi connectivity index (χ4v) is 3.37. The highest BCUT2D eigenvalue weighted by atomic mass is 127. The standard InChI is InChI=1S/C22H15IN4O3/c23-15-10-11-18-17(12-15)19(22(30)25-18)26-27-21(29)14-8-6-13(7-9-14)20(28)24-16-4-2-1-3-5-16/h1-12,25,30H,(H,24,28). The summed E-state index contributed by atoms with van der Waals surface area (Å²) in [6.07, 6.45) is 0. The van der Waals surface area contributed by atoms with Crippen molar-refractivity contribution in [1.82, 2.24) is 4.98 Å². The molecule has 0 aliphatic carbocycles. The topological polar surface area (TPSA) is 107 Å². The van der Waals surface area contributed by atoms with Gasteiger partial charge in [-0.2, -0.15) is 0 Å². The van der Waals surface area contributed by atoms with Crippen LogP contribution >= 0.6 is 22.6 Å². The second kappa shape index (κ2) is 8.46. The minimum absolute atomic E-state index is 0.156. The third-order valence-corrected chi connectivity index (χ3v) is 5.05. The zero-order chi connectivity index (χ0) is 21.1. The number of aromatic nitrogens is 1. The van der Waals surface area contributed by atoms with Crippen LogP contribution < -0.4 is 5.32 Å². The summed E-state index contributed by atoms with van der Waals surface area (Å²) in [7, 11) is 0. The Bertz CT molecular complexity index is 1270. The van der Waals surface area contributed by atoms with Crippen LogP contribution in [-0.4, -0.2) is 21.9 Å². The fraction of sp³-hybridized carbons (Fsp3) is 0. The molecular formula is C22H15IN4O3. The highest BCUT2D eigenvalue weighted by Crippen LogP contribution is 2.36. The number of benzene rings is 3. The second-order valence-corrected chi connectivity index (χ2v) is 7.66. The predicted molar refractivity (Wildman–Crippen MR) is 122 cm³/mol. The number of rotatable bonds is 4. The van der Waals surface area contributed by atoms with Gasteiger partial charge in [0.15, 0.2) is 5.69 Å². The Labute approximate surface area is 185 Å². The first kappa shape index (κ1) is 19.8. The van der Waals surface area contributed by atoms with Gasteiger partial charge in [-0.3, -0.25) is 9.59 Å². The van der Waals surface area contributed by atoms with E-state index >= 15 is 0 Å². The number of hydrogen-bond donors (Lipinski definition) is 3. The molecule has 2 amide bonds. The maximum absolute atomic E-state index is 12.4. The van der Waals surface area contributed by atoms with Gasteiger partial charge in [0.2, 0.25) is 5.88 Å². The molecule has 0 unspecified atom stereocenters. The number of nitrogens with one attached hydrogen (secondary N) is 2. The van der Waals surface area contributed by atoms with Gasteiger partial charge in [0.05, 0.1) is 5.52 Å². The van der Waals surface area contributed by atoms with Crippen LogP contribution in [-0.2, 0) is 0 Å². The number of nitrogens with zero attached hydrogens (tertiary/aromatic N) is 2. The molecule has 8 heteroatoms. The smallest absolute Gasteiger partial charge is 0.295 e. The van der Waals surface area contributed by atoms with E-state index in [-0.39, 0.29) is 23.0 Å². The van der Waals surface area contributed by atoms with E-state index in [1.807, 2.05) is 36.4 Å². The molecule has 0 radical (unpaired) electrons. The normalized spacial score (nSPS) is 11.1. The Morgan fingerprint density at radius 3 is 2.37 bits per heavy atom. The van der Waals surface area contributed by atoms with Crippen molar-refractivity contribution in [2.24, 2.45) is 10.2 Å². The quantitative estimate of drug-likeness (QED) is 0.244. The number of fused-ring (bicyclic) bond motifs is 1. The lowest BCUT2D eigenvalue weighted by molar-refractivity contribution is 0.0991. The Balaban J connectivity index is 1.50. The van der Waals surface area contributed by atoms with Crippen molar-refractivity contribution in [2.75, 3.05) is 5.32 Å². The average molecular weight is 510 g/mol. The van der Waals surface area contributed by atoms with Crippen molar-refractivity contribution in [3.8, 4) is 5.88 Å². The van der Waals surface area contributed by atoms with Crippen molar-refractivity contribution in [2.45, 2.75) is 0 Å². The Morgan fingerprint density at radius 1 is 0.933 bits per heavy atom. The fourth-order valence-electron chi connectivity index (χ4n) is 2.88. The van der Waals surface area contributed by atoms with Crippen LogP contribution in [0.4, 0.5) is 11.4 Å². The molecule has 1 heterocycles. The largest absolute Gasteiger partial charge is 0.493 e. The maximum Gasteiger partial charge on any atom is 0.295 e. The van der Waals surface area contributed by atoms with Crippen molar-refractivity contribution in [3.05, 3.63) is 87.5 Å². The highest BCUT2D eigenvalue weighted by molar-refractivity contribution is 14.1. The molecule has 4 aromatic rings. The number of H-pyrrole nitrogens is 1. The molecular weight excluding hydrogens is 495 g/mol. The number of carbonyl (C=O) groups excluding carboxylic acids is 2. The van der Waals surface area contributed by atoms with E-state index in [4.69, 9.17) is 0 Å². The first-order valence-electron chi connectivity index (χ1n) is 8.94. The van der Waals surface area contributed by atoms with Gasteiger partial charge in [0, 0.05) is 25.8 Å². The number of aromatic hydroxyl groups is 1. The molecule has 4 rings (SSSR count). The number of amides is 2. The van der Waals surface area contributed by atoms with Crippen molar-refractivity contribution in [1.29, 1.82) is 0 Å². The number of anilines is 1. The number of carbonyl (C=O) groups is 2. The molecule has 0 spiro atoms. The molecule has 0 atom stereocenters. The minimum atomic E-state index is -0.579. The Hall–Kier alpha value is -3.53. The lowest BCUT2D eigenvalue weighted by Gasteiger charge is -2.05. The van der Waals surface area contributed by atoms with E-state index < -0.39 is 5.91 Å². The molecule has 0 saturated heterocycles. The van der Waals surface area contributed by atoms with Crippen LogP contribution in [0, 0.1) is 3.57 Å². The number of para-hydroxylation sites is 1. The third kappa shape index (κ3) is 4.23. The van der Waals surface area contributed by atoms with Gasteiger partial charge in [0.1, 0.15) is 0 Å². The molecule has 0 saturated carbocycles. The Kier molecular flexibility index (Phi) is 5.57. The van der Waals surface area contributed by atoms with Crippen LogP contribution in [0.3, 0.4) is 0 Å². The zero-order valence-electron chi connectivity index (χ0n) is 15.5. The summed E-state index contributed by atoms with van der Waals surface area (Å²) in [6, 6.07) is 20.8. The average Bonchev–Trinajstić information content (AvgIpc) is 3.07. The van der Waals surface area contributed by atoms with E-state index in [1.165, 1.54) is 12.1 Å². The molecule has 30 heavy (non-hydrogen) atoms. The van der Waals surface area contributed by atoms with E-state index in [1.54, 1.807) is 24.3 Å². The maximum atomic E-state index is 12.4. The van der Waals surface area contributed by atoms with Gasteiger partial charge in [-0.1, -0.05) is 18.2 Å². The summed E-state index contributed by atoms with van der Waals surface area (Å²) in [6.45, 7) is 0. The molecule has 148 valence electrons. The summed E-state index contributed by atoms with van der Waals surface area (Å²) in [5.41, 5.74) is 2.28. The SMILES string of the molecule is O=C(N=Nc1c(O)[nH]c2ccc(I)cc12)c1ccc(C(=O)Nc2ccccc2)cc1. The minimum Gasteiger partial charge on any atom is -0.493 e. The summed E-state index contributed by atoms with van der Waals surface area (Å²) < 4.78 is 0.964. The molecule has 0 aliphatic heterocycles. The van der Waals surface area contributed by atoms with Crippen LogP contribution in [0.5, 0.6) is 5.88 Å². The monoisotopic (exact) mass is 510 g/mol. The molecule has 1 aromatic heterocycles. The van der Waals surface area contributed by atoms with E-state index in [9.17, 15) is 14.7 Å². The molecule has 0 fully saturated rings. The summed E-state index contributed by atoms with van der Waals surface area (Å²) in [5.74, 6) is -1.01. The molecule has 0 bridgehead atoms. The number of azo groups is 1. The number of aromatic amines is 1. The van der Waals surface area contributed by atoms with E-state index in [2.05, 4.69) is 43.1 Å². The summed E-state index contributed by atoms with van der Waals surface area (Å²) in [5, 5.41) is 21.2. The second-order valence-electron chi connectivity index (χ2n) is 6.41. The predicted octanol–water partition coefficient (Wildman–Crippen LogP) is 5.65. The van der Waals surface area contributed by atoms with E-state index in [0.29, 0.717) is 22.2 Å². The molecule has 3 N–H and O–H groups in total. The first-order valence-corrected chi connectivity index (χ1v) is 10.0. The lowest BCUT2D eigenvalue weighted by atomic mass is 10.1. The van der Waals surface area contributed by atoms with E-state index in [0.717, 1.165) is 3.57 Å². The zero-order valence-corrected chi connectivity index (χ0v) is 17.6. The number of halogens is 1. The Morgan fingerprint density at radius 2 is 1.63 bits per heavy atom. The highest BCUT2D eigenvalue weighted by Gasteiger charge is 2.13. The van der Waals surface area contributed by atoms with Crippen molar-refractivity contribution < 1.29 is 14.7 Å². The first-order chi connectivity index (χ1) is 14.5. The van der Waals surface area contributed by atoms with Crippen LogP contribution in [0.1, 0.15) is 20.7 Å². The van der Waals surface area contributed by atoms with Gasteiger partial charge in [-0.15, -0.1) is 10.2 Å². The van der Waals surface area contributed by atoms with Gasteiger partial charge in [0.25, 0.3) is 11.8 Å². The van der Waals surface area contributed by atoms with Crippen molar-refractivity contribution >= 4 is 56.7 Å². The summed E-state index contributed by atoms with van der Waals surface area (Å²) >= 11 is 2.15.